The summed E-state index contributed by atoms with van der Waals surface area (Å²) in [4.78, 5) is 18.3. The van der Waals surface area contributed by atoms with Crippen LogP contribution in [0.4, 0.5) is 0 Å². The molecule has 2 aromatic heterocycles. The molecule has 0 fully saturated rings. The van der Waals surface area contributed by atoms with Gasteiger partial charge in [-0.15, -0.1) is 22.7 Å². The fourth-order valence-corrected chi connectivity index (χ4v) is 3.39. The molecule has 96 valence electrons. The quantitative estimate of drug-likeness (QED) is 0.909. The van der Waals surface area contributed by atoms with Crippen LogP contribution in [0.15, 0.2) is 17.5 Å². The van der Waals surface area contributed by atoms with Crippen molar-refractivity contribution in [3.63, 3.8) is 0 Å². The van der Waals surface area contributed by atoms with Crippen molar-refractivity contribution in [2.24, 2.45) is 0 Å². The Hall–Kier alpha value is -1.20. The van der Waals surface area contributed by atoms with Crippen molar-refractivity contribution in [1.29, 1.82) is 0 Å². The number of nitrogens with zero attached hydrogens (tertiary/aromatic N) is 1. The second-order valence-corrected chi connectivity index (χ2v) is 6.06. The summed E-state index contributed by atoms with van der Waals surface area (Å²) in [6.45, 7) is 4.59. The van der Waals surface area contributed by atoms with Crippen molar-refractivity contribution in [2.75, 3.05) is 0 Å². The van der Waals surface area contributed by atoms with Crippen molar-refractivity contribution < 1.29 is 4.79 Å². The number of carbonyl (C=O) groups excluding carboxylic acids is 1. The maximum absolute atomic E-state index is 11.4. The van der Waals surface area contributed by atoms with Crippen LogP contribution >= 0.6 is 22.7 Å². The van der Waals surface area contributed by atoms with Crippen molar-refractivity contribution in [2.45, 2.75) is 33.2 Å². The molecule has 0 radical (unpaired) electrons. The zero-order valence-corrected chi connectivity index (χ0v) is 12.2. The van der Waals surface area contributed by atoms with Gasteiger partial charge in [0, 0.05) is 11.3 Å². The number of hydrogen-bond acceptors (Lipinski definition) is 4. The zero-order chi connectivity index (χ0) is 13.0. The molecule has 0 aliphatic heterocycles. The highest BCUT2D eigenvalue weighted by Crippen LogP contribution is 2.30. The second kappa shape index (κ2) is 6.11. The summed E-state index contributed by atoms with van der Waals surface area (Å²) in [7, 11) is 0. The van der Waals surface area contributed by atoms with E-state index in [4.69, 9.17) is 0 Å². The molecule has 0 aromatic carbocycles. The number of aromatic nitrogens is 1. The van der Waals surface area contributed by atoms with Gasteiger partial charge in [0.25, 0.3) is 0 Å². The molecule has 5 heteroatoms. The number of nitrogens with one attached hydrogen (secondary N) is 1. The summed E-state index contributed by atoms with van der Waals surface area (Å²) >= 11 is 3.35. The molecule has 0 bridgehead atoms. The van der Waals surface area contributed by atoms with Gasteiger partial charge in [0.1, 0.15) is 5.01 Å². The van der Waals surface area contributed by atoms with Crippen LogP contribution in [0.25, 0.3) is 9.88 Å². The molecule has 0 aliphatic carbocycles. The molecular weight excluding hydrogens is 264 g/mol. The topological polar surface area (TPSA) is 42.0 Å². The second-order valence-electron chi connectivity index (χ2n) is 4.03. The highest BCUT2D eigenvalue weighted by molar-refractivity contribution is 7.21. The van der Waals surface area contributed by atoms with E-state index in [9.17, 15) is 4.79 Å². The highest BCUT2D eigenvalue weighted by atomic mass is 32.1. The van der Waals surface area contributed by atoms with Gasteiger partial charge in [-0.05, 0) is 24.8 Å². The molecule has 0 unspecified atom stereocenters. The molecule has 2 rings (SSSR count). The van der Waals surface area contributed by atoms with E-state index < -0.39 is 0 Å². The largest absolute Gasteiger partial charge is 0.351 e. The molecular formula is C13H16N2OS2. The van der Waals surface area contributed by atoms with Gasteiger partial charge in [0.2, 0.25) is 5.91 Å². The number of thiazole rings is 1. The third-order valence-corrected chi connectivity index (χ3v) is 4.74. The van der Waals surface area contributed by atoms with Crippen LogP contribution in [0.2, 0.25) is 0 Å². The van der Waals surface area contributed by atoms with Gasteiger partial charge in [-0.3, -0.25) is 4.79 Å². The number of thiophene rings is 1. The monoisotopic (exact) mass is 280 g/mol. The molecule has 0 atom stereocenters. The number of rotatable bonds is 5. The fraction of sp³-hybridized carbons (Fsp3) is 0.385. The molecule has 1 N–H and O–H groups in total. The summed E-state index contributed by atoms with van der Waals surface area (Å²) in [6.07, 6.45) is 1.48. The van der Waals surface area contributed by atoms with Gasteiger partial charge < -0.3 is 5.32 Å². The summed E-state index contributed by atoms with van der Waals surface area (Å²) in [6, 6.07) is 4.10. The van der Waals surface area contributed by atoms with E-state index in [1.54, 1.807) is 22.7 Å². The Balaban J connectivity index is 2.04. The standard InChI is InChI=1S/C13H16N2OS2/c1-3-5-12(16)14-8-11-9(2)15-13(18-11)10-6-4-7-17-10/h4,6-7H,3,5,8H2,1-2H3,(H,14,16). The van der Waals surface area contributed by atoms with Crippen molar-refractivity contribution in [3.8, 4) is 9.88 Å². The molecule has 0 saturated heterocycles. The van der Waals surface area contributed by atoms with Crippen molar-refractivity contribution in [1.82, 2.24) is 10.3 Å². The molecule has 0 saturated carbocycles. The Morgan fingerprint density at radius 3 is 3.00 bits per heavy atom. The minimum absolute atomic E-state index is 0.114. The lowest BCUT2D eigenvalue weighted by Gasteiger charge is -2.02. The van der Waals surface area contributed by atoms with Crippen LogP contribution in [0.5, 0.6) is 0 Å². The van der Waals surface area contributed by atoms with Crippen LogP contribution in [0.1, 0.15) is 30.3 Å². The number of hydrogen-bond donors (Lipinski definition) is 1. The van der Waals surface area contributed by atoms with Crippen LogP contribution in [0, 0.1) is 6.92 Å². The van der Waals surface area contributed by atoms with Gasteiger partial charge in [0.05, 0.1) is 17.1 Å². The average Bonchev–Trinajstić information content (AvgIpc) is 2.96. The Kier molecular flexibility index (Phi) is 4.49. The number of amides is 1. The molecule has 0 aliphatic rings. The highest BCUT2D eigenvalue weighted by Gasteiger charge is 2.10. The van der Waals surface area contributed by atoms with Crippen LogP contribution < -0.4 is 5.32 Å². The van der Waals surface area contributed by atoms with Crippen LogP contribution in [-0.4, -0.2) is 10.9 Å². The molecule has 2 aromatic rings. The first-order valence-corrected chi connectivity index (χ1v) is 7.67. The summed E-state index contributed by atoms with van der Waals surface area (Å²) in [5, 5.41) is 6.03. The van der Waals surface area contributed by atoms with E-state index in [-0.39, 0.29) is 5.91 Å². The molecule has 3 nitrogen and oxygen atoms in total. The predicted octanol–water partition coefficient (Wildman–Crippen LogP) is 3.60. The summed E-state index contributed by atoms with van der Waals surface area (Å²) in [5.74, 6) is 0.114. The van der Waals surface area contributed by atoms with E-state index >= 15 is 0 Å². The summed E-state index contributed by atoms with van der Waals surface area (Å²) < 4.78 is 0. The maximum atomic E-state index is 11.4. The maximum Gasteiger partial charge on any atom is 0.220 e. The molecule has 2 heterocycles. The van der Waals surface area contributed by atoms with Gasteiger partial charge in [-0.1, -0.05) is 13.0 Å². The predicted molar refractivity (Wildman–Crippen MR) is 76.9 cm³/mol. The lowest BCUT2D eigenvalue weighted by Crippen LogP contribution is -2.21. The van der Waals surface area contributed by atoms with E-state index in [0.29, 0.717) is 13.0 Å². The average molecular weight is 280 g/mol. The van der Waals surface area contributed by atoms with Crippen molar-refractivity contribution in [3.05, 3.63) is 28.1 Å². The molecule has 1 amide bonds. The van der Waals surface area contributed by atoms with E-state index in [1.165, 1.54) is 4.88 Å². The van der Waals surface area contributed by atoms with E-state index in [1.807, 2.05) is 19.9 Å². The first-order chi connectivity index (χ1) is 8.70. The third kappa shape index (κ3) is 3.17. The Labute approximate surface area is 115 Å². The van der Waals surface area contributed by atoms with E-state index in [0.717, 1.165) is 22.0 Å². The van der Waals surface area contributed by atoms with Crippen LogP contribution in [-0.2, 0) is 11.3 Å². The van der Waals surface area contributed by atoms with Crippen molar-refractivity contribution >= 4 is 28.6 Å². The van der Waals surface area contributed by atoms with Gasteiger partial charge in [0.15, 0.2) is 0 Å². The van der Waals surface area contributed by atoms with Crippen LogP contribution in [0.3, 0.4) is 0 Å². The Bertz CT molecular complexity index is 517. The van der Waals surface area contributed by atoms with Gasteiger partial charge in [-0.2, -0.15) is 0 Å². The summed E-state index contributed by atoms with van der Waals surface area (Å²) in [5.41, 5.74) is 1.01. The lowest BCUT2D eigenvalue weighted by atomic mass is 10.3. The van der Waals surface area contributed by atoms with Gasteiger partial charge in [-0.25, -0.2) is 4.98 Å². The SMILES string of the molecule is CCCC(=O)NCc1sc(-c2cccs2)nc1C. The number of carbonyl (C=O) groups is 1. The van der Waals surface area contributed by atoms with E-state index in [2.05, 4.69) is 21.7 Å². The fourth-order valence-electron chi connectivity index (χ4n) is 1.59. The first-order valence-electron chi connectivity index (χ1n) is 5.97. The zero-order valence-electron chi connectivity index (χ0n) is 10.5. The molecule has 0 spiro atoms. The minimum Gasteiger partial charge on any atom is -0.351 e. The first kappa shape index (κ1) is 13.2. The number of aryl methyl sites for hydroxylation is 1. The Morgan fingerprint density at radius 2 is 2.33 bits per heavy atom. The Morgan fingerprint density at radius 1 is 1.50 bits per heavy atom. The smallest absolute Gasteiger partial charge is 0.220 e. The minimum atomic E-state index is 0.114. The van der Waals surface area contributed by atoms with Gasteiger partial charge >= 0.3 is 0 Å². The normalized spacial score (nSPS) is 10.6. The lowest BCUT2D eigenvalue weighted by molar-refractivity contribution is -0.121. The third-order valence-electron chi connectivity index (χ3n) is 2.55. The molecule has 18 heavy (non-hydrogen) atoms.